The van der Waals surface area contributed by atoms with E-state index in [1.165, 1.54) is 5.69 Å². The van der Waals surface area contributed by atoms with Crippen molar-refractivity contribution in [2.75, 3.05) is 51.9 Å². The number of hydrogen-bond acceptors (Lipinski definition) is 2. The molecule has 0 amide bonds. The fraction of sp³-hybridized carbons (Fsp3) is 0.500. The lowest BCUT2D eigenvalue weighted by Gasteiger charge is -2.28. The molecule has 1 aromatic carbocycles. The van der Waals surface area contributed by atoms with Crippen LogP contribution in [0, 0.1) is 0 Å². The van der Waals surface area contributed by atoms with E-state index in [-0.39, 0.29) is 37.2 Å². The maximum atomic E-state index is 5.65. The van der Waals surface area contributed by atoms with E-state index in [4.69, 9.17) is 5.73 Å². The monoisotopic (exact) mass is 315 g/mol. The van der Waals surface area contributed by atoms with Gasteiger partial charge in [-0.2, -0.15) is 0 Å². The van der Waals surface area contributed by atoms with E-state index >= 15 is 0 Å². The summed E-state index contributed by atoms with van der Waals surface area (Å²) in [6.07, 6.45) is 0. The van der Waals surface area contributed by atoms with Gasteiger partial charge in [0.05, 0.1) is 34.2 Å². The minimum absolute atomic E-state index is 0. The molecule has 0 aliphatic rings. The van der Waals surface area contributed by atoms with Gasteiger partial charge in [-0.25, -0.2) is 0 Å². The van der Waals surface area contributed by atoms with Crippen molar-refractivity contribution in [3.05, 3.63) is 24.3 Å². The number of nitrogens with two attached hydrogens (primary N) is 1. The predicted octanol–water partition coefficient (Wildman–Crippen LogP) is -0.741. The van der Waals surface area contributed by atoms with Crippen LogP contribution in [0.1, 0.15) is 0 Å². The van der Waals surface area contributed by atoms with E-state index in [1.54, 1.807) is 0 Å². The van der Waals surface area contributed by atoms with E-state index in [9.17, 15) is 0 Å². The third-order valence-corrected chi connectivity index (χ3v) is 2.44. The molecule has 0 aliphatic heterocycles. The molecule has 18 heavy (non-hydrogen) atoms. The molecule has 1 aromatic rings. The Balaban J connectivity index is -0.000000750. The summed E-state index contributed by atoms with van der Waals surface area (Å²) in [5, 5.41) is 0. The quantitative estimate of drug-likeness (QED) is 0.586. The van der Waals surface area contributed by atoms with Crippen molar-refractivity contribution in [1.82, 2.24) is 0 Å². The number of nitrogens with zero attached hydrogens (tertiary/aromatic N) is 2. The van der Waals surface area contributed by atoms with Crippen LogP contribution >= 0.6 is 24.8 Å². The summed E-state index contributed by atoms with van der Waals surface area (Å²) in [6, 6.07) is 8.01. The summed E-state index contributed by atoms with van der Waals surface area (Å²) in [4.78, 5) is 2.25. The Morgan fingerprint density at radius 2 is 1.50 bits per heavy atom. The van der Waals surface area contributed by atoms with Crippen LogP contribution in [0.3, 0.4) is 0 Å². The highest BCUT2D eigenvalue weighted by atomic mass is 35.5. The van der Waals surface area contributed by atoms with E-state index < -0.39 is 0 Å². The largest absolute Gasteiger partial charge is 1.00 e. The average molecular weight is 317 g/mol. The van der Waals surface area contributed by atoms with E-state index in [2.05, 4.69) is 45.2 Å². The van der Waals surface area contributed by atoms with Crippen LogP contribution in [0.25, 0.3) is 0 Å². The van der Waals surface area contributed by atoms with Gasteiger partial charge >= 0.3 is 0 Å². The van der Waals surface area contributed by atoms with Crippen LogP contribution in [-0.2, 0) is 0 Å². The second-order valence-electron chi connectivity index (χ2n) is 5.03. The SMILES string of the molecule is CN(CC[N+](C)(C)C)c1ccc(N)cc1.Cl.Cl.[Cl-]. The summed E-state index contributed by atoms with van der Waals surface area (Å²) < 4.78 is 0.985. The predicted molar refractivity (Wildman–Crippen MR) is 81.5 cm³/mol. The summed E-state index contributed by atoms with van der Waals surface area (Å²) in [5.41, 5.74) is 7.69. The van der Waals surface area contributed by atoms with Crippen LogP contribution in [-0.4, -0.2) is 45.8 Å². The van der Waals surface area contributed by atoms with Gasteiger partial charge in [-0.05, 0) is 24.3 Å². The Labute approximate surface area is 129 Å². The first kappa shape index (κ1) is 22.8. The van der Waals surface area contributed by atoms with E-state index in [1.807, 2.05) is 12.1 Å². The smallest absolute Gasteiger partial charge is 0.0958 e. The Morgan fingerprint density at radius 1 is 1.06 bits per heavy atom. The fourth-order valence-corrected chi connectivity index (χ4v) is 1.31. The lowest BCUT2D eigenvalue weighted by Crippen LogP contribution is -3.00. The molecule has 0 heterocycles. The Bertz CT molecular complexity index is 309. The maximum Gasteiger partial charge on any atom is 0.0958 e. The highest BCUT2D eigenvalue weighted by Crippen LogP contribution is 2.14. The Hall–Kier alpha value is -0.350. The molecule has 108 valence electrons. The summed E-state index contributed by atoms with van der Waals surface area (Å²) in [7, 11) is 8.73. The van der Waals surface area contributed by atoms with Crippen molar-refractivity contribution < 1.29 is 16.9 Å². The third kappa shape index (κ3) is 8.70. The molecule has 0 aliphatic carbocycles. The average Bonchev–Trinajstić information content (AvgIpc) is 2.14. The molecule has 0 saturated heterocycles. The molecule has 0 saturated carbocycles. The van der Waals surface area contributed by atoms with Crippen molar-refractivity contribution in [1.29, 1.82) is 0 Å². The summed E-state index contributed by atoms with van der Waals surface area (Å²) in [6.45, 7) is 2.17. The normalized spacial score (nSPS) is 9.56. The number of halogens is 3. The topological polar surface area (TPSA) is 29.3 Å². The van der Waals surface area contributed by atoms with Gasteiger partial charge in [0.15, 0.2) is 0 Å². The summed E-state index contributed by atoms with van der Waals surface area (Å²) >= 11 is 0. The minimum atomic E-state index is 0. The Morgan fingerprint density at radius 3 is 1.89 bits per heavy atom. The number of hydrogen-bond donors (Lipinski definition) is 1. The van der Waals surface area contributed by atoms with E-state index in [0.717, 1.165) is 23.3 Å². The molecule has 0 spiro atoms. The second-order valence-corrected chi connectivity index (χ2v) is 5.03. The van der Waals surface area contributed by atoms with Crippen LogP contribution in [0.15, 0.2) is 24.3 Å². The molecule has 0 atom stereocenters. The minimum Gasteiger partial charge on any atom is -1.00 e. The number of anilines is 2. The molecular formula is C12H24Cl3N3. The number of likely N-dealkylation sites (N-methyl/N-ethyl adjacent to an activating group) is 2. The molecule has 0 aromatic heterocycles. The molecule has 0 fully saturated rings. The molecule has 3 nitrogen and oxygen atoms in total. The van der Waals surface area contributed by atoms with Crippen LogP contribution < -0.4 is 23.0 Å². The maximum absolute atomic E-state index is 5.65. The molecule has 0 radical (unpaired) electrons. The van der Waals surface area contributed by atoms with Gasteiger partial charge in [0, 0.05) is 18.4 Å². The van der Waals surface area contributed by atoms with Crippen molar-refractivity contribution in [2.45, 2.75) is 0 Å². The highest BCUT2D eigenvalue weighted by molar-refractivity contribution is 5.85. The van der Waals surface area contributed by atoms with Gasteiger partial charge < -0.3 is 27.5 Å². The van der Waals surface area contributed by atoms with Crippen molar-refractivity contribution in [3.8, 4) is 0 Å². The van der Waals surface area contributed by atoms with Crippen LogP contribution in [0.4, 0.5) is 11.4 Å². The van der Waals surface area contributed by atoms with Gasteiger partial charge in [0.25, 0.3) is 0 Å². The van der Waals surface area contributed by atoms with Crippen molar-refractivity contribution in [2.24, 2.45) is 0 Å². The molecule has 0 bridgehead atoms. The zero-order chi connectivity index (χ0) is 11.5. The highest BCUT2D eigenvalue weighted by Gasteiger charge is 2.08. The fourth-order valence-electron chi connectivity index (χ4n) is 1.31. The van der Waals surface area contributed by atoms with Crippen LogP contribution in [0.2, 0.25) is 0 Å². The zero-order valence-corrected chi connectivity index (χ0v) is 13.8. The van der Waals surface area contributed by atoms with Gasteiger partial charge in [-0.3, -0.25) is 0 Å². The van der Waals surface area contributed by atoms with Gasteiger partial charge in [-0.1, -0.05) is 0 Å². The number of benzene rings is 1. The standard InChI is InChI=1S/C12H22N3.3ClH/c1-14(9-10-15(2,3)4)12-7-5-11(13)6-8-12;;;/h5-8H,9-10,13H2,1-4H3;3*1H/q+1;;;/p-1. The lowest BCUT2D eigenvalue weighted by atomic mass is 10.2. The second kappa shape index (κ2) is 9.56. The van der Waals surface area contributed by atoms with Gasteiger partial charge in [0.2, 0.25) is 0 Å². The van der Waals surface area contributed by atoms with Gasteiger partial charge in [-0.15, -0.1) is 24.8 Å². The zero-order valence-electron chi connectivity index (χ0n) is 11.4. The van der Waals surface area contributed by atoms with E-state index in [0.29, 0.717) is 0 Å². The first-order valence-electron chi connectivity index (χ1n) is 5.25. The molecule has 6 heteroatoms. The number of rotatable bonds is 4. The number of quaternary nitrogens is 1. The third-order valence-electron chi connectivity index (χ3n) is 2.44. The Kier molecular flexibility index (Phi) is 12.1. The van der Waals surface area contributed by atoms with Crippen LogP contribution in [0.5, 0.6) is 0 Å². The molecular weight excluding hydrogens is 293 g/mol. The molecule has 1 rings (SSSR count). The summed E-state index contributed by atoms with van der Waals surface area (Å²) in [5.74, 6) is 0. The number of nitrogen functional groups attached to an aromatic ring is 1. The molecule has 2 N–H and O–H groups in total. The molecule has 0 unspecified atom stereocenters. The van der Waals surface area contributed by atoms with Gasteiger partial charge in [0.1, 0.15) is 0 Å². The lowest BCUT2D eigenvalue weighted by molar-refractivity contribution is -0.868. The van der Waals surface area contributed by atoms with Crippen molar-refractivity contribution >= 4 is 36.2 Å². The first-order valence-corrected chi connectivity index (χ1v) is 5.25. The van der Waals surface area contributed by atoms with Crippen molar-refractivity contribution in [3.63, 3.8) is 0 Å². The first-order chi connectivity index (χ1) is 6.88.